The van der Waals surface area contributed by atoms with Crippen molar-refractivity contribution in [2.75, 3.05) is 7.11 Å². The van der Waals surface area contributed by atoms with Gasteiger partial charge in [-0.2, -0.15) is 0 Å². The molecule has 2 aliphatic carbocycles. The standard InChI is InChI=1S/C24H38O5/c1-3-7-17(25)12-13-20-21-14-18(29-23(21)15-22(20)26)10-6-11-19(24(27)28-2)16-8-4-5-9-16/h10,12-13,16-17,19-23,25-26H,3-9,11,14-15H2,1-2H3/b13-12+,18-10-/t17-,19?,20+,21+,22+,23+/m0/s1. The zero-order chi connectivity index (χ0) is 20.8. The van der Waals surface area contributed by atoms with Crippen LogP contribution in [0.4, 0.5) is 0 Å². The Morgan fingerprint density at radius 2 is 2.07 bits per heavy atom. The number of rotatable bonds is 9. The van der Waals surface area contributed by atoms with Crippen LogP contribution in [0.5, 0.6) is 0 Å². The lowest BCUT2D eigenvalue weighted by Gasteiger charge is -2.20. The first kappa shape index (κ1) is 22.4. The fraction of sp³-hybridized carbons (Fsp3) is 0.792. The summed E-state index contributed by atoms with van der Waals surface area (Å²) in [4.78, 5) is 12.2. The molecule has 1 unspecified atom stereocenters. The van der Waals surface area contributed by atoms with Gasteiger partial charge in [0.15, 0.2) is 0 Å². The number of allylic oxidation sites excluding steroid dienone is 2. The van der Waals surface area contributed by atoms with Crippen LogP contribution in [0.15, 0.2) is 24.0 Å². The molecule has 3 fully saturated rings. The largest absolute Gasteiger partial charge is 0.495 e. The van der Waals surface area contributed by atoms with Gasteiger partial charge in [0.05, 0.1) is 31.0 Å². The molecule has 3 rings (SSSR count). The topological polar surface area (TPSA) is 76.0 Å². The molecular formula is C24H38O5. The molecule has 2 N–H and O–H groups in total. The molecule has 164 valence electrons. The van der Waals surface area contributed by atoms with Gasteiger partial charge in [0, 0.05) is 24.7 Å². The van der Waals surface area contributed by atoms with Gasteiger partial charge >= 0.3 is 5.97 Å². The first-order valence-electron chi connectivity index (χ1n) is 11.5. The lowest BCUT2D eigenvalue weighted by molar-refractivity contribution is -0.147. The Balaban J connectivity index is 1.54. The van der Waals surface area contributed by atoms with Gasteiger partial charge in [0.25, 0.3) is 0 Å². The Morgan fingerprint density at radius 1 is 1.31 bits per heavy atom. The number of aliphatic hydroxyl groups excluding tert-OH is 2. The van der Waals surface area contributed by atoms with Crippen molar-refractivity contribution in [3.8, 4) is 0 Å². The first-order valence-corrected chi connectivity index (χ1v) is 11.5. The van der Waals surface area contributed by atoms with Gasteiger partial charge in [0.1, 0.15) is 6.10 Å². The number of hydrogen-bond donors (Lipinski definition) is 2. The normalized spacial score (nSPS) is 33.2. The maximum absolute atomic E-state index is 12.2. The van der Waals surface area contributed by atoms with Crippen LogP contribution in [0.25, 0.3) is 0 Å². The molecule has 3 aliphatic rings. The molecule has 0 aromatic heterocycles. The number of methoxy groups -OCH3 is 1. The summed E-state index contributed by atoms with van der Waals surface area (Å²) in [7, 11) is 1.49. The second kappa shape index (κ2) is 10.6. The molecular weight excluding hydrogens is 368 g/mol. The van der Waals surface area contributed by atoms with Gasteiger partial charge in [-0.05, 0) is 44.1 Å². The minimum atomic E-state index is -0.436. The maximum Gasteiger partial charge on any atom is 0.308 e. The molecule has 5 heteroatoms. The van der Waals surface area contributed by atoms with E-state index in [0.29, 0.717) is 12.3 Å². The molecule has 29 heavy (non-hydrogen) atoms. The Labute approximate surface area is 175 Å². The number of fused-ring (bicyclic) bond motifs is 1. The van der Waals surface area contributed by atoms with E-state index in [-0.39, 0.29) is 29.8 Å². The van der Waals surface area contributed by atoms with Crippen LogP contribution in [0.1, 0.15) is 71.1 Å². The average Bonchev–Trinajstić information content (AvgIpc) is 3.40. The van der Waals surface area contributed by atoms with E-state index in [2.05, 4.69) is 13.0 Å². The van der Waals surface area contributed by atoms with Gasteiger partial charge < -0.3 is 19.7 Å². The third kappa shape index (κ3) is 5.64. The van der Waals surface area contributed by atoms with Crippen LogP contribution < -0.4 is 0 Å². The van der Waals surface area contributed by atoms with E-state index < -0.39 is 12.2 Å². The number of ether oxygens (including phenoxy) is 2. The second-order valence-corrected chi connectivity index (χ2v) is 9.07. The highest BCUT2D eigenvalue weighted by atomic mass is 16.5. The highest BCUT2D eigenvalue weighted by Gasteiger charge is 2.47. The second-order valence-electron chi connectivity index (χ2n) is 9.07. The van der Waals surface area contributed by atoms with E-state index in [1.54, 1.807) is 0 Å². The zero-order valence-electron chi connectivity index (χ0n) is 18.0. The molecule has 5 nitrogen and oxygen atoms in total. The van der Waals surface area contributed by atoms with Crippen molar-refractivity contribution in [2.45, 2.75) is 89.4 Å². The SMILES string of the molecule is CCC[C@H](O)/C=C/[C@@H]1[C@H]2C/C(=C/CCC(C(=O)OC)C3CCCC3)O[C@@H]2C[C@H]1O. The fourth-order valence-electron chi connectivity index (χ4n) is 5.51. The molecule has 6 atom stereocenters. The molecule has 0 radical (unpaired) electrons. The number of aliphatic hydroxyl groups is 2. The van der Waals surface area contributed by atoms with E-state index in [9.17, 15) is 15.0 Å². The monoisotopic (exact) mass is 406 g/mol. The Morgan fingerprint density at radius 3 is 2.76 bits per heavy atom. The lowest BCUT2D eigenvalue weighted by Crippen LogP contribution is -2.23. The number of carbonyl (C=O) groups is 1. The van der Waals surface area contributed by atoms with Crippen molar-refractivity contribution in [1.82, 2.24) is 0 Å². The average molecular weight is 407 g/mol. The quantitative estimate of drug-likeness (QED) is 0.445. The smallest absolute Gasteiger partial charge is 0.308 e. The molecule has 2 saturated carbocycles. The predicted molar refractivity (Wildman–Crippen MR) is 112 cm³/mol. The molecule has 1 heterocycles. The Kier molecular flexibility index (Phi) is 8.19. The van der Waals surface area contributed by atoms with Gasteiger partial charge in [0.2, 0.25) is 0 Å². The minimum absolute atomic E-state index is 0.00203. The van der Waals surface area contributed by atoms with Crippen molar-refractivity contribution < 1.29 is 24.5 Å². The lowest BCUT2D eigenvalue weighted by atomic mass is 9.86. The van der Waals surface area contributed by atoms with Crippen molar-refractivity contribution in [1.29, 1.82) is 0 Å². The summed E-state index contributed by atoms with van der Waals surface area (Å²) in [5, 5.41) is 20.4. The summed E-state index contributed by atoms with van der Waals surface area (Å²) in [6.07, 6.45) is 14.7. The van der Waals surface area contributed by atoms with Gasteiger partial charge in [-0.25, -0.2) is 0 Å². The summed E-state index contributed by atoms with van der Waals surface area (Å²) in [6, 6.07) is 0. The summed E-state index contributed by atoms with van der Waals surface area (Å²) in [5.41, 5.74) is 0. The van der Waals surface area contributed by atoms with E-state index in [4.69, 9.17) is 9.47 Å². The third-order valence-electron chi connectivity index (χ3n) is 7.09. The van der Waals surface area contributed by atoms with Crippen LogP contribution in [0.3, 0.4) is 0 Å². The summed E-state index contributed by atoms with van der Waals surface area (Å²) in [6.45, 7) is 2.05. The Hall–Kier alpha value is -1.33. The van der Waals surface area contributed by atoms with E-state index >= 15 is 0 Å². The molecule has 0 aromatic rings. The highest BCUT2D eigenvalue weighted by Crippen LogP contribution is 2.45. The van der Waals surface area contributed by atoms with E-state index in [1.165, 1.54) is 20.0 Å². The number of esters is 1. The van der Waals surface area contributed by atoms with Crippen LogP contribution in [0.2, 0.25) is 0 Å². The van der Waals surface area contributed by atoms with E-state index in [0.717, 1.165) is 50.7 Å². The molecule has 0 spiro atoms. The minimum Gasteiger partial charge on any atom is -0.495 e. The van der Waals surface area contributed by atoms with Crippen LogP contribution >= 0.6 is 0 Å². The summed E-state index contributed by atoms with van der Waals surface area (Å²) >= 11 is 0. The van der Waals surface area contributed by atoms with Crippen LogP contribution in [0, 0.1) is 23.7 Å². The number of hydrogen-bond acceptors (Lipinski definition) is 5. The predicted octanol–water partition coefficient (Wildman–Crippen LogP) is 4.13. The Bertz CT molecular complexity index is 592. The van der Waals surface area contributed by atoms with E-state index in [1.807, 2.05) is 12.2 Å². The fourth-order valence-corrected chi connectivity index (χ4v) is 5.51. The van der Waals surface area contributed by atoms with Crippen molar-refractivity contribution in [3.05, 3.63) is 24.0 Å². The summed E-state index contributed by atoms with van der Waals surface area (Å²) in [5.74, 6) is 1.70. The zero-order valence-corrected chi connectivity index (χ0v) is 18.0. The summed E-state index contributed by atoms with van der Waals surface area (Å²) < 4.78 is 11.2. The van der Waals surface area contributed by atoms with Crippen LogP contribution in [-0.4, -0.2) is 41.6 Å². The van der Waals surface area contributed by atoms with Crippen molar-refractivity contribution in [3.63, 3.8) is 0 Å². The van der Waals surface area contributed by atoms with Gasteiger partial charge in [-0.15, -0.1) is 0 Å². The maximum atomic E-state index is 12.2. The van der Waals surface area contributed by atoms with Gasteiger partial charge in [-0.1, -0.05) is 38.3 Å². The highest BCUT2D eigenvalue weighted by molar-refractivity contribution is 5.72. The number of carbonyl (C=O) groups excluding carboxylic acids is 1. The molecule has 0 aromatic carbocycles. The molecule has 0 amide bonds. The van der Waals surface area contributed by atoms with Crippen molar-refractivity contribution in [2.24, 2.45) is 23.7 Å². The molecule has 1 aliphatic heterocycles. The van der Waals surface area contributed by atoms with Crippen molar-refractivity contribution >= 4 is 5.97 Å². The van der Waals surface area contributed by atoms with Crippen LogP contribution in [-0.2, 0) is 14.3 Å². The molecule has 0 bridgehead atoms. The molecule has 1 saturated heterocycles. The van der Waals surface area contributed by atoms with Gasteiger partial charge in [-0.3, -0.25) is 4.79 Å². The third-order valence-corrected chi connectivity index (χ3v) is 7.09. The first-order chi connectivity index (χ1) is 14.0.